The Kier molecular flexibility index (Phi) is 8.04. The second kappa shape index (κ2) is 10.9. The van der Waals surface area contributed by atoms with E-state index in [1.54, 1.807) is 0 Å². The van der Waals surface area contributed by atoms with Gasteiger partial charge in [-0.25, -0.2) is 4.98 Å². The number of carbonyl (C=O) groups is 2. The number of amides is 2. The van der Waals surface area contributed by atoms with Crippen molar-refractivity contribution in [2.75, 3.05) is 10.6 Å². The van der Waals surface area contributed by atoms with Gasteiger partial charge in [0.2, 0.25) is 11.8 Å². The lowest BCUT2D eigenvalue weighted by Crippen LogP contribution is -2.19. The molecule has 1 unspecified atom stereocenters. The molecule has 0 saturated heterocycles. The van der Waals surface area contributed by atoms with Crippen LogP contribution in [0.5, 0.6) is 0 Å². The van der Waals surface area contributed by atoms with E-state index in [0.717, 1.165) is 34.7 Å². The van der Waals surface area contributed by atoms with Crippen LogP contribution in [-0.2, 0) is 9.59 Å². The van der Waals surface area contributed by atoms with Gasteiger partial charge in [-0.05, 0) is 43.2 Å². The third kappa shape index (κ3) is 6.43. The first-order chi connectivity index (χ1) is 14.5. The molecule has 7 heteroatoms. The first-order valence-electron chi connectivity index (χ1n) is 9.89. The van der Waals surface area contributed by atoms with Crippen LogP contribution in [0, 0.1) is 6.92 Å². The van der Waals surface area contributed by atoms with Gasteiger partial charge in [-0.3, -0.25) is 9.59 Å². The van der Waals surface area contributed by atoms with Crippen LogP contribution in [-0.4, -0.2) is 16.8 Å². The van der Waals surface area contributed by atoms with Gasteiger partial charge < -0.3 is 10.6 Å². The van der Waals surface area contributed by atoms with Crippen LogP contribution in [0.3, 0.4) is 0 Å². The fraction of sp³-hybridized carbons (Fsp3) is 0.261. The molecule has 2 aromatic carbocycles. The molecule has 0 bridgehead atoms. The summed E-state index contributed by atoms with van der Waals surface area (Å²) in [7, 11) is 0. The van der Waals surface area contributed by atoms with Crippen LogP contribution in [0.1, 0.15) is 42.7 Å². The van der Waals surface area contributed by atoms with E-state index in [0.29, 0.717) is 11.6 Å². The van der Waals surface area contributed by atoms with E-state index in [-0.39, 0.29) is 11.8 Å². The maximum Gasteiger partial charge on any atom is 0.244 e. The first kappa shape index (κ1) is 22.1. The van der Waals surface area contributed by atoms with Crippen molar-refractivity contribution in [3.63, 3.8) is 0 Å². The number of hydrogen-bond acceptors (Lipinski definition) is 5. The molecule has 3 rings (SSSR count). The van der Waals surface area contributed by atoms with Crippen LogP contribution in [0.4, 0.5) is 10.8 Å². The Labute approximate surface area is 185 Å². The second-order valence-electron chi connectivity index (χ2n) is 6.87. The number of hydrogen-bond donors (Lipinski definition) is 2. The van der Waals surface area contributed by atoms with Gasteiger partial charge in [-0.1, -0.05) is 43.7 Å². The third-order valence-electron chi connectivity index (χ3n) is 4.34. The zero-order valence-electron chi connectivity index (χ0n) is 17.1. The van der Waals surface area contributed by atoms with Gasteiger partial charge in [0.05, 0.1) is 5.69 Å². The van der Waals surface area contributed by atoms with Crippen LogP contribution in [0.15, 0.2) is 64.9 Å². The fourth-order valence-electron chi connectivity index (χ4n) is 2.80. The number of thiazole rings is 1. The summed E-state index contributed by atoms with van der Waals surface area (Å²) in [6.45, 7) is 3.96. The van der Waals surface area contributed by atoms with E-state index in [2.05, 4.69) is 22.5 Å². The van der Waals surface area contributed by atoms with Crippen molar-refractivity contribution in [2.45, 2.75) is 43.3 Å². The number of aryl methyl sites for hydroxylation is 1. The van der Waals surface area contributed by atoms with Gasteiger partial charge in [0.15, 0.2) is 5.13 Å². The van der Waals surface area contributed by atoms with Crippen molar-refractivity contribution in [3.05, 3.63) is 71.2 Å². The number of rotatable bonds is 9. The summed E-state index contributed by atoms with van der Waals surface area (Å²) in [4.78, 5) is 30.2. The van der Waals surface area contributed by atoms with Gasteiger partial charge in [0.25, 0.3) is 0 Å². The lowest BCUT2D eigenvalue weighted by Gasteiger charge is -2.16. The molecule has 0 saturated carbocycles. The summed E-state index contributed by atoms with van der Waals surface area (Å²) >= 11 is 2.89. The summed E-state index contributed by atoms with van der Waals surface area (Å²) in [5.74, 6) is -0.0879. The summed E-state index contributed by atoms with van der Waals surface area (Å²) in [5, 5.41) is 7.94. The highest BCUT2D eigenvalue weighted by molar-refractivity contribution is 8.00. The zero-order valence-corrected chi connectivity index (χ0v) is 18.7. The molecule has 0 spiro atoms. The molecule has 5 nitrogen and oxygen atoms in total. The average molecular weight is 440 g/mol. The Morgan fingerprint density at radius 2 is 1.80 bits per heavy atom. The Bertz CT molecular complexity index is 972. The third-order valence-corrected chi connectivity index (χ3v) is 6.48. The number of anilines is 2. The molecule has 0 aliphatic rings. The zero-order chi connectivity index (χ0) is 21.3. The molecule has 0 fully saturated rings. The Morgan fingerprint density at radius 1 is 1.07 bits per heavy atom. The van der Waals surface area contributed by atoms with Crippen molar-refractivity contribution >= 4 is 45.7 Å². The number of aromatic nitrogens is 1. The van der Waals surface area contributed by atoms with Crippen LogP contribution < -0.4 is 10.6 Å². The fourth-order valence-corrected chi connectivity index (χ4v) is 4.51. The standard InChI is InChI=1S/C23H25N3O2S2/c1-3-4-10-20(27)25-18-11-13-19(14-12-18)30-21(17-8-6-5-7-9-17)22(28)26-23-24-16(2)15-29-23/h5-9,11-15,21H,3-4,10H2,1-2H3,(H,25,27)(H,24,26,28). The van der Waals surface area contributed by atoms with E-state index in [9.17, 15) is 9.59 Å². The van der Waals surface area contributed by atoms with Crippen molar-refractivity contribution in [2.24, 2.45) is 0 Å². The highest BCUT2D eigenvalue weighted by atomic mass is 32.2. The molecule has 1 aromatic heterocycles. The molecular weight excluding hydrogens is 414 g/mol. The van der Waals surface area contributed by atoms with Crippen LogP contribution in [0.25, 0.3) is 0 Å². The number of unbranched alkanes of at least 4 members (excludes halogenated alkanes) is 1. The molecule has 2 amide bonds. The Balaban J connectivity index is 1.71. The minimum atomic E-state index is -0.416. The SMILES string of the molecule is CCCCC(=O)Nc1ccc(SC(C(=O)Nc2nc(C)cs2)c2ccccc2)cc1. The molecule has 0 aliphatic heterocycles. The van der Waals surface area contributed by atoms with Crippen molar-refractivity contribution in [3.8, 4) is 0 Å². The molecule has 2 N–H and O–H groups in total. The van der Waals surface area contributed by atoms with E-state index in [1.807, 2.05) is 66.9 Å². The van der Waals surface area contributed by atoms with E-state index < -0.39 is 5.25 Å². The quantitative estimate of drug-likeness (QED) is 0.398. The average Bonchev–Trinajstić information content (AvgIpc) is 3.16. The van der Waals surface area contributed by atoms with Crippen LogP contribution in [0.2, 0.25) is 0 Å². The highest BCUT2D eigenvalue weighted by Gasteiger charge is 2.23. The lowest BCUT2D eigenvalue weighted by molar-refractivity contribution is -0.116. The first-order valence-corrected chi connectivity index (χ1v) is 11.7. The largest absolute Gasteiger partial charge is 0.326 e. The molecule has 156 valence electrons. The van der Waals surface area contributed by atoms with Crippen molar-refractivity contribution < 1.29 is 9.59 Å². The minimum absolute atomic E-state index is 0.0255. The number of carbonyl (C=O) groups excluding carboxylic acids is 2. The number of thioether (sulfide) groups is 1. The lowest BCUT2D eigenvalue weighted by atomic mass is 10.1. The maximum atomic E-state index is 13.0. The molecule has 0 radical (unpaired) electrons. The molecule has 1 heterocycles. The number of nitrogens with zero attached hydrogens (tertiary/aromatic N) is 1. The molecule has 3 aromatic rings. The topological polar surface area (TPSA) is 71.1 Å². The van der Waals surface area contributed by atoms with Crippen molar-refractivity contribution in [1.29, 1.82) is 0 Å². The number of benzene rings is 2. The van der Waals surface area contributed by atoms with E-state index in [1.165, 1.54) is 23.1 Å². The predicted octanol–water partition coefficient (Wildman–Crippen LogP) is 6.05. The monoisotopic (exact) mass is 439 g/mol. The summed E-state index contributed by atoms with van der Waals surface area (Å²) in [6.07, 6.45) is 2.40. The van der Waals surface area contributed by atoms with E-state index in [4.69, 9.17) is 0 Å². The number of nitrogens with one attached hydrogen (secondary N) is 2. The molecule has 1 atom stereocenters. The summed E-state index contributed by atoms with van der Waals surface area (Å²) in [5.41, 5.74) is 2.57. The maximum absolute atomic E-state index is 13.0. The minimum Gasteiger partial charge on any atom is -0.326 e. The summed E-state index contributed by atoms with van der Waals surface area (Å²) < 4.78 is 0. The van der Waals surface area contributed by atoms with E-state index >= 15 is 0 Å². The molecule has 30 heavy (non-hydrogen) atoms. The van der Waals surface area contributed by atoms with Gasteiger partial charge in [-0.15, -0.1) is 23.1 Å². The Morgan fingerprint density at radius 3 is 2.43 bits per heavy atom. The van der Waals surface area contributed by atoms with Gasteiger partial charge >= 0.3 is 0 Å². The molecule has 0 aliphatic carbocycles. The van der Waals surface area contributed by atoms with Gasteiger partial charge in [0, 0.05) is 22.4 Å². The predicted molar refractivity (Wildman–Crippen MR) is 125 cm³/mol. The van der Waals surface area contributed by atoms with Crippen molar-refractivity contribution in [1.82, 2.24) is 4.98 Å². The van der Waals surface area contributed by atoms with Gasteiger partial charge in [-0.2, -0.15) is 0 Å². The van der Waals surface area contributed by atoms with Crippen LogP contribution >= 0.6 is 23.1 Å². The van der Waals surface area contributed by atoms with Gasteiger partial charge in [0.1, 0.15) is 5.25 Å². The Hall–Kier alpha value is -2.64. The highest BCUT2D eigenvalue weighted by Crippen LogP contribution is 2.37. The summed E-state index contributed by atoms with van der Waals surface area (Å²) in [6, 6.07) is 17.3. The normalized spacial score (nSPS) is 11.7. The second-order valence-corrected chi connectivity index (χ2v) is 8.90. The smallest absolute Gasteiger partial charge is 0.244 e. The molecular formula is C23H25N3O2S2.